The van der Waals surface area contributed by atoms with E-state index in [9.17, 15) is 13.2 Å². The van der Waals surface area contributed by atoms with E-state index in [1.54, 1.807) is 48.5 Å². The summed E-state index contributed by atoms with van der Waals surface area (Å²) in [5.41, 5.74) is 1.49. The Bertz CT molecular complexity index is 1230. The van der Waals surface area contributed by atoms with E-state index in [1.807, 2.05) is 18.2 Å². The number of rotatable bonds is 5. The molecule has 3 aromatic carbocycles. The molecule has 0 aliphatic rings. The first-order valence-electron chi connectivity index (χ1n) is 8.57. The molecule has 0 saturated carbocycles. The van der Waals surface area contributed by atoms with Crippen molar-refractivity contribution in [2.24, 2.45) is 0 Å². The summed E-state index contributed by atoms with van der Waals surface area (Å²) < 4.78 is 31.1. The van der Waals surface area contributed by atoms with Crippen LogP contribution < -0.4 is 5.32 Å². The van der Waals surface area contributed by atoms with Crippen LogP contribution in [-0.2, 0) is 21.1 Å². The molecule has 1 heterocycles. The summed E-state index contributed by atoms with van der Waals surface area (Å²) >= 11 is 0. The minimum Gasteiger partial charge on any atom is -0.440 e. The molecule has 1 N–H and O–H groups in total. The number of para-hydroxylation sites is 1. The Labute approximate surface area is 161 Å². The van der Waals surface area contributed by atoms with Crippen LogP contribution in [0.4, 0.5) is 5.69 Å². The summed E-state index contributed by atoms with van der Waals surface area (Å²) in [6.45, 7) is 0. The largest absolute Gasteiger partial charge is 0.440 e. The van der Waals surface area contributed by atoms with Gasteiger partial charge in [-0.25, -0.2) is 13.4 Å². The summed E-state index contributed by atoms with van der Waals surface area (Å²) in [5.74, 6) is -0.0485. The number of oxazole rings is 1. The van der Waals surface area contributed by atoms with E-state index in [4.69, 9.17) is 4.42 Å². The van der Waals surface area contributed by atoms with Crippen LogP contribution in [0.15, 0.2) is 93.1 Å². The number of nitrogens with one attached hydrogen (secondary N) is 1. The number of hydrogen-bond acceptors (Lipinski definition) is 5. The number of fused-ring (bicyclic) bond motifs is 1. The van der Waals surface area contributed by atoms with E-state index in [1.165, 1.54) is 12.1 Å². The van der Waals surface area contributed by atoms with Crippen LogP contribution in [0.3, 0.4) is 0 Å². The molecule has 0 fully saturated rings. The van der Waals surface area contributed by atoms with Crippen molar-refractivity contribution in [3.8, 4) is 0 Å². The van der Waals surface area contributed by atoms with Crippen molar-refractivity contribution in [1.82, 2.24) is 4.98 Å². The third-order valence-corrected chi connectivity index (χ3v) is 5.90. The molecule has 4 rings (SSSR count). The summed E-state index contributed by atoms with van der Waals surface area (Å²) in [6, 6.07) is 21.7. The second-order valence-electron chi connectivity index (χ2n) is 6.14. The zero-order valence-corrected chi connectivity index (χ0v) is 15.5. The van der Waals surface area contributed by atoms with Crippen molar-refractivity contribution in [1.29, 1.82) is 0 Å². The molecule has 7 heteroatoms. The molecule has 0 radical (unpaired) electrons. The van der Waals surface area contributed by atoms with Crippen molar-refractivity contribution >= 4 is 32.5 Å². The van der Waals surface area contributed by atoms with Gasteiger partial charge in [0, 0.05) is 5.69 Å². The fraction of sp³-hybridized carbons (Fsp3) is 0.0476. The van der Waals surface area contributed by atoms with Crippen LogP contribution in [0.5, 0.6) is 0 Å². The van der Waals surface area contributed by atoms with E-state index < -0.39 is 9.84 Å². The Balaban J connectivity index is 1.58. The minimum absolute atomic E-state index is 0.0512. The summed E-state index contributed by atoms with van der Waals surface area (Å²) in [6.07, 6.45) is -0.0512. The highest BCUT2D eigenvalue weighted by Crippen LogP contribution is 2.25. The lowest BCUT2D eigenvalue weighted by atomic mass is 10.3. The first-order valence-corrected chi connectivity index (χ1v) is 10.1. The maximum Gasteiger partial charge on any atom is 0.233 e. The SMILES string of the molecule is O=C(Cc1nc2cc(S(=O)(=O)c3ccccc3)ccc2o1)Nc1ccccc1. The smallest absolute Gasteiger partial charge is 0.233 e. The topological polar surface area (TPSA) is 89.3 Å². The fourth-order valence-electron chi connectivity index (χ4n) is 2.80. The van der Waals surface area contributed by atoms with Gasteiger partial charge in [-0.3, -0.25) is 4.79 Å². The molecule has 0 aliphatic carbocycles. The Hall–Kier alpha value is -3.45. The molecular weight excluding hydrogens is 376 g/mol. The quantitative estimate of drug-likeness (QED) is 0.557. The van der Waals surface area contributed by atoms with Crippen LogP contribution in [0.25, 0.3) is 11.1 Å². The second kappa shape index (κ2) is 7.28. The van der Waals surface area contributed by atoms with Crippen LogP contribution >= 0.6 is 0 Å². The molecule has 140 valence electrons. The van der Waals surface area contributed by atoms with Gasteiger partial charge in [0.25, 0.3) is 0 Å². The standard InChI is InChI=1S/C21H16N2O4S/c24-20(22-15-7-3-1-4-8-15)14-21-23-18-13-17(11-12-19(18)27-21)28(25,26)16-9-5-2-6-10-16/h1-13H,14H2,(H,22,24). The molecule has 28 heavy (non-hydrogen) atoms. The molecule has 0 saturated heterocycles. The van der Waals surface area contributed by atoms with Crippen LogP contribution in [0, 0.1) is 0 Å². The summed E-state index contributed by atoms with van der Waals surface area (Å²) in [4.78, 5) is 16.8. The maximum absolute atomic E-state index is 12.7. The monoisotopic (exact) mass is 392 g/mol. The van der Waals surface area contributed by atoms with E-state index in [2.05, 4.69) is 10.3 Å². The number of aromatic nitrogens is 1. The molecule has 0 spiro atoms. The van der Waals surface area contributed by atoms with Crippen molar-refractivity contribution < 1.29 is 17.6 Å². The number of carbonyl (C=O) groups excluding carboxylic acids is 1. The highest BCUT2D eigenvalue weighted by molar-refractivity contribution is 7.91. The molecule has 1 aromatic heterocycles. The minimum atomic E-state index is -3.65. The molecule has 6 nitrogen and oxygen atoms in total. The van der Waals surface area contributed by atoms with E-state index in [0.29, 0.717) is 16.8 Å². The van der Waals surface area contributed by atoms with Gasteiger partial charge in [0.2, 0.25) is 21.6 Å². The Morgan fingerprint density at radius 1 is 0.893 bits per heavy atom. The number of benzene rings is 3. The first-order chi connectivity index (χ1) is 13.5. The number of sulfone groups is 1. The average molecular weight is 392 g/mol. The van der Waals surface area contributed by atoms with Gasteiger partial charge in [0.05, 0.1) is 9.79 Å². The van der Waals surface area contributed by atoms with Crippen LogP contribution in [-0.4, -0.2) is 19.3 Å². The van der Waals surface area contributed by atoms with Gasteiger partial charge in [-0.1, -0.05) is 36.4 Å². The molecule has 0 bridgehead atoms. The highest BCUT2D eigenvalue weighted by atomic mass is 32.2. The zero-order chi connectivity index (χ0) is 19.6. The maximum atomic E-state index is 12.7. The van der Waals surface area contributed by atoms with E-state index in [-0.39, 0.29) is 28.0 Å². The lowest BCUT2D eigenvalue weighted by Crippen LogP contribution is -2.14. The van der Waals surface area contributed by atoms with Crippen molar-refractivity contribution in [2.75, 3.05) is 5.32 Å². The van der Waals surface area contributed by atoms with Gasteiger partial charge in [0.1, 0.15) is 11.9 Å². The molecular formula is C21H16N2O4S. The predicted octanol–water partition coefficient (Wildman–Crippen LogP) is 3.84. The predicted molar refractivity (Wildman–Crippen MR) is 105 cm³/mol. The number of carbonyl (C=O) groups is 1. The van der Waals surface area contributed by atoms with Crippen LogP contribution in [0.2, 0.25) is 0 Å². The van der Waals surface area contributed by atoms with Gasteiger partial charge in [-0.05, 0) is 42.5 Å². The molecule has 4 aromatic rings. The molecule has 0 atom stereocenters. The molecule has 0 aliphatic heterocycles. The van der Waals surface area contributed by atoms with E-state index >= 15 is 0 Å². The van der Waals surface area contributed by atoms with Gasteiger partial charge >= 0.3 is 0 Å². The Morgan fingerprint density at radius 2 is 1.57 bits per heavy atom. The summed E-state index contributed by atoms with van der Waals surface area (Å²) in [5, 5.41) is 2.76. The van der Waals surface area contributed by atoms with Crippen molar-refractivity contribution in [3.05, 3.63) is 84.8 Å². The first kappa shape index (κ1) is 17.9. The third kappa shape index (κ3) is 3.65. The van der Waals surface area contributed by atoms with Gasteiger partial charge < -0.3 is 9.73 Å². The average Bonchev–Trinajstić information content (AvgIpc) is 3.10. The summed E-state index contributed by atoms with van der Waals surface area (Å²) in [7, 11) is -3.65. The fourth-order valence-corrected chi connectivity index (χ4v) is 4.10. The highest BCUT2D eigenvalue weighted by Gasteiger charge is 2.19. The normalized spacial score (nSPS) is 11.4. The number of nitrogens with zero attached hydrogens (tertiary/aromatic N) is 1. The zero-order valence-electron chi connectivity index (χ0n) is 14.7. The number of hydrogen-bond donors (Lipinski definition) is 1. The third-order valence-electron chi connectivity index (χ3n) is 4.14. The Morgan fingerprint density at radius 3 is 2.29 bits per heavy atom. The molecule has 0 unspecified atom stereocenters. The van der Waals surface area contributed by atoms with Gasteiger partial charge in [-0.15, -0.1) is 0 Å². The van der Waals surface area contributed by atoms with Gasteiger partial charge in [0.15, 0.2) is 5.58 Å². The lowest BCUT2D eigenvalue weighted by molar-refractivity contribution is -0.115. The van der Waals surface area contributed by atoms with E-state index in [0.717, 1.165) is 0 Å². The van der Waals surface area contributed by atoms with Gasteiger partial charge in [-0.2, -0.15) is 0 Å². The lowest BCUT2D eigenvalue weighted by Gasteiger charge is -2.03. The number of anilines is 1. The van der Waals surface area contributed by atoms with Crippen molar-refractivity contribution in [2.45, 2.75) is 16.2 Å². The van der Waals surface area contributed by atoms with Crippen LogP contribution in [0.1, 0.15) is 5.89 Å². The Kier molecular flexibility index (Phi) is 4.67. The molecule has 1 amide bonds. The van der Waals surface area contributed by atoms with Crippen molar-refractivity contribution in [3.63, 3.8) is 0 Å². The second-order valence-corrected chi connectivity index (χ2v) is 8.09. The number of amides is 1.